The number of benzene rings is 1. The minimum atomic E-state index is -5.77. The Morgan fingerprint density at radius 1 is 1.03 bits per heavy atom. The first kappa shape index (κ1) is 25.1. The number of carbonyl (C=O) groups is 4. The molecular formula is C18H12F6N4O5. The molecule has 0 unspecified atom stereocenters. The van der Waals surface area contributed by atoms with Gasteiger partial charge in [0.2, 0.25) is 0 Å². The summed E-state index contributed by atoms with van der Waals surface area (Å²) in [6, 6.07) is 6.52. The van der Waals surface area contributed by atoms with Gasteiger partial charge in [0.15, 0.2) is 6.61 Å². The number of amides is 2. The van der Waals surface area contributed by atoms with E-state index >= 15 is 0 Å². The van der Waals surface area contributed by atoms with Gasteiger partial charge in [0.25, 0.3) is 11.8 Å². The van der Waals surface area contributed by atoms with Crippen LogP contribution in [0.25, 0.3) is 0 Å². The van der Waals surface area contributed by atoms with Crippen LogP contribution >= 0.6 is 0 Å². The average molecular weight is 478 g/mol. The van der Waals surface area contributed by atoms with Crippen molar-refractivity contribution in [2.45, 2.75) is 12.4 Å². The molecule has 0 fully saturated rings. The fraction of sp³-hybridized carbons (Fsp3) is 0.167. The molecule has 33 heavy (non-hydrogen) atoms. The van der Waals surface area contributed by atoms with E-state index in [0.717, 1.165) is 0 Å². The van der Waals surface area contributed by atoms with E-state index in [9.17, 15) is 45.5 Å². The normalized spacial score (nSPS) is 12.8. The Hall–Kier alpha value is -4.17. The van der Waals surface area contributed by atoms with Crippen LogP contribution in [0.4, 0.5) is 43.4 Å². The highest BCUT2D eigenvalue weighted by molar-refractivity contribution is 6.41. The Morgan fingerprint density at radius 3 is 2.18 bits per heavy atom. The molecule has 1 aliphatic heterocycles. The van der Waals surface area contributed by atoms with Gasteiger partial charge in [-0.25, -0.2) is 0 Å². The van der Waals surface area contributed by atoms with Crippen LogP contribution in [0.3, 0.4) is 0 Å². The SMILES string of the molecule is Nc1ccncc1C(=O)Nc1ccc2c(c1)OCC(=O)N2.O=C(C(=O)C(F)(F)F)C(F)(F)F. The van der Waals surface area contributed by atoms with E-state index in [-0.39, 0.29) is 18.4 Å². The molecule has 0 spiro atoms. The lowest BCUT2D eigenvalue weighted by Crippen LogP contribution is -2.39. The summed E-state index contributed by atoms with van der Waals surface area (Å²) in [6.07, 6.45) is -8.62. The van der Waals surface area contributed by atoms with Gasteiger partial charge in [-0.05, 0) is 18.2 Å². The van der Waals surface area contributed by atoms with Crippen LogP contribution in [0.1, 0.15) is 10.4 Å². The number of fused-ring (bicyclic) bond motifs is 1. The zero-order valence-electron chi connectivity index (χ0n) is 16.0. The Kier molecular flexibility index (Phi) is 7.25. The number of nitrogen functional groups attached to an aromatic ring is 1. The number of nitrogens with one attached hydrogen (secondary N) is 2. The van der Waals surface area contributed by atoms with Gasteiger partial charge in [0.05, 0.1) is 11.3 Å². The van der Waals surface area contributed by atoms with Crippen LogP contribution in [0.15, 0.2) is 36.7 Å². The molecule has 2 heterocycles. The highest BCUT2D eigenvalue weighted by Gasteiger charge is 2.54. The summed E-state index contributed by atoms with van der Waals surface area (Å²) in [5.74, 6) is -6.88. The standard InChI is InChI=1S/C14H12N4O3.C4F6O2/c15-10-3-4-16-6-9(10)14(20)17-8-1-2-11-12(5-8)21-7-13(19)18-11;5-3(6,7)1(11)2(12)4(8,9)10/h1-6H,7H2,(H2,15,16)(H,17,20)(H,18,19);. The van der Waals surface area contributed by atoms with E-state index < -0.39 is 23.9 Å². The third kappa shape index (κ3) is 6.65. The number of alkyl halides is 6. The van der Waals surface area contributed by atoms with Crippen LogP contribution in [-0.2, 0) is 14.4 Å². The lowest BCUT2D eigenvalue weighted by atomic mass is 10.2. The molecule has 0 atom stereocenters. The smallest absolute Gasteiger partial charge is 0.458 e. The zero-order chi connectivity index (χ0) is 25.0. The van der Waals surface area contributed by atoms with Crippen molar-refractivity contribution in [3.05, 3.63) is 42.2 Å². The summed E-state index contributed by atoms with van der Waals surface area (Å²) < 4.78 is 72.2. The molecule has 0 aliphatic carbocycles. The van der Waals surface area contributed by atoms with Crippen molar-refractivity contribution >= 4 is 40.4 Å². The van der Waals surface area contributed by atoms with Gasteiger partial charge in [-0.3, -0.25) is 24.2 Å². The van der Waals surface area contributed by atoms with Crippen LogP contribution in [-0.4, -0.2) is 47.3 Å². The number of nitrogens with two attached hydrogens (primary N) is 1. The van der Waals surface area contributed by atoms with Crippen molar-refractivity contribution < 1.29 is 50.3 Å². The van der Waals surface area contributed by atoms with Gasteiger partial charge in [-0.1, -0.05) is 0 Å². The lowest BCUT2D eigenvalue weighted by Gasteiger charge is -2.18. The van der Waals surface area contributed by atoms with E-state index in [1.165, 1.54) is 12.4 Å². The molecule has 0 saturated carbocycles. The maximum Gasteiger partial charge on any atom is 0.458 e. The summed E-state index contributed by atoms with van der Waals surface area (Å²) in [6.45, 7) is -0.0417. The van der Waals surface area contributed by atoms with Gasteiger partial charge in [-0.2, -0.15) is 26.3 Å². The Bertz CT molecular complexity index is 1080. The summed E-state index contributed by atoms with van der Waals surface area (Å²) in [5, 5.41) is 5.38. The predicted octanol–water partition coefficient (Wildman–Crippen LogP) is 2.50. The van der Waals surface area contributed by atoms with Crippen LogP contribution < -0.4 is 21.1 Å². The quantitative estimate of drug-likeness (QED) is 0.455. The number of hydrogen-bond acceptors (Lipinski definition) is 7. The maximum absolute atomic E-state index is 12.1. The molecule has 0 bridgehead atoms. The molecule has 176 valence electrons. The first-order valence-corrected chi connectivity index (χ1v) is 8.50. The summed E-state index contributed by atoms with van der Waals surface area (Å²) >= 11 is 0. The molecule has 1 aliphatic rings. The molecule has 4 N–H and O–H groups in total. The lowest BCUT2D eigenvalue weighted by molar-refractivity contribution is -0.193. The fourth-order valence-corrected chi connectivity index (χ4v) is 2.20. The first-order valence-electron chi connectivity index (χ1n) is 8.50. The number of rotatable bonds is 3. The minimum absolute atomic E-state index is 0.0417. The highest BCUT2D eigenvalue weighted by atomic mass is 19.4. The van der Waals surface area contributed by atoms with Gasteiger partial charge in [0.1, 0.15) is 5.75 Å². The minimum Gasteiger partial charge on any atom is -0.482 e. The van der Waals surface area contributed by atoms with Crippen molar-refractivity contribution in [2.24, 2.45) is 0 Å². The van der Waals surface area contributed by atoms with Crippen molar-refractivity contribution in [3.8, 4) is 5.75 Å². The molecule has 2 aromatic rings. The third-order valence-corrected chi connectivity index (χ3v) is 3.69. The van der Waals surface area contributed by atoms with E-state index in [2.05, 4.69) is 15.6 Å². The number of ketones is 2. The van der Waals surface area contributed by atoms with Crippen LogP contribution in [0.2, 0.25) is 0 Å². The predicted molar refractivity (Wildman–Crippen MR) is 99.3 cm³/mol. The molecule has 0 saturated heterocycles. The molecule has 1 aromatic heterocycles. The summed E-state index contributed by atoms with van der Waals surface area (Å²) in [4.78, 5) is 46.4. The van der Waals surface area contributed by atoms with Gasteiger partial charge in [-0.15, -0.1) is 0 Å². The second kappa shape index (κ2) is 9.54. The number of anilines is 3. The Labute approximate surface area is 179 Å². The zero-order valence-corrected chi connectivity index (χ0v) is 16.0. The molecular weight excluding hydrogens is 466 g/mol. The number of carbonyl (C=O) groups excluding carboxylic acids is 4. The van der Waals surface area contributed by atoms with Crippen LogP contribution in [0, 0.1) is 0 Å². The first-order chi connectivity index (χ1) is 15.2. The molecule has 2 amide bonds. The van der Waals surface area contributed by atoms with Gasteiger partial charge in [0, 0.05) is 29.8 Å². The van der Waals surface area contributed by atoms with Gasteiger partial charge >= 0.3 is 23.9 Å². The summed E-state index contributed by atoms with van der Waals surface area (Å²) in [5.41, 5.74) is 7.49. The summed E-state index contributed by atoms with van der Waals surface area (Å²) in [7, 11) is 0. The molecule has 9 nitrogen and oxygen atoms in total. The van der Waals surface area contributed by atoms with E-state index in [4.69, 9.17) is 10.5 Å². The number of Topliss-reactive ketones (excluding diaryl/α,β-unsaturated/α-hetero) is 2. The molecule has 3 rings (SSSR count). The van der Waals surface area contributed by atoms with E-state index in [0.29, 0.717) is 28.4 Å². The van der Waals surface area contributed by atoms with Crippen LogP contribution in [0.5, 0.6) is 5.75 Å². The third-order valence-electron chi connectivity index (χ3n) is 3.69. The average Bonchev–Trinajstić information content (AvgIpc) is 2.72. The van der Waals surface area contributed by atoms with E-state index in [1.807, 2.05) is 0 Å². The van der Waals surface area contributed by atoms with Crippen molar-refractivity contribution in [1.82, 2.24) is 4.98 Å². The van der Waals surface area contributed by atoms with Crippen molar-refractivity contribution in [1.29, 1.82) is 0 Å². The molecule has 0 radical (unpaired) electrons. The van der Waals surface area contributed by atoms with Crippen molar-refractivity contribution in [3.63, 3.8) is 0 Å². The maximum atomic E-state index is 12.1. The van der Waals surface area contributed by atoms with Gasteiger partial charge < -0.3 is 21.1 Å². The number of nitrogens with zero attached hydrogens (tertiary/aromatic N) is 1. The Morgan fingerprint density at radius 2 is 1.64 bits per heavy atom. The number of halogens is 6. The fourth-order valence-electron chi connectivity index (χ4n) is 2.20. The number of ether oxygens (including phenoxy) is 1. The topological polar surface area (TPSA) is 140 Å². The largest absolute Gasteiger partial charge is 0.482 e. The molecule has 15 heteroatoms. The number of hydrogen-bond donors (Lipinski definition) is 3. The number of pyridine rings is 1. The monoisotopic (exact) mass is 478 g/mol. The van der Waals surface area contributed by atoms with E-state index in [1.54, 1.807) is 24.3 Å². The molecule has 1 aromatic carbocycles. The highest BCUT2D eigenvalue weighted by Crippen LogP contribution is 2.31. The van der Waals surface area contributed by atoms with Crippen molar-refractivity contribution in [2.75, 3.05) is 23.0 Å². The second-order valence-electron chi connectivity index (χ2n) is 6.12. The number of aromatic nitrogens is 1. The second-order valence-corrected chi connectivity index (χ2v) is 6.12. The Balaban J connectivity index is 0.000000277.